The van der Waals surface area contributed by atoms with Gasteiger partial charge in [0.15, 0.2) is 5.69 Å². The Bertz CT molecular complexity index is 1290. The molecule has 0 amide bonds. The van der Waals surface area contributed by atoms with Crippen molar-refractivity contribution in [3.8, 4) is 17.0 Å². The fourth-order valence-corrected chi connectivity index (χ4v) is 6.56. The summed E-state index contributed by atoms with van der Waals surface area (Å²) in [5, 5.41) is 3.19. The van der Waals surface area contributed by atoms with Gasteiger partial charge in [0.1, 0.15) is 24.1 Å². The third-order valence-electron chi connectivity index (χ3n) is 8.17. The molecule has 10 heteroatoms. The number of nitrogens with zero attached hydrogens (tertiary/aromatic N) is 1. The number of aromatic nitrogens is 2. The van der Waals surface area contributed by atoms with Crippen LogP contribution in [0.15, 0.2) is 42.5 Å². The molecule has 5 nitrogen and oxygen atoms in total. The molecular weight excluding hydrogens is 517 g/mol. The third-order valence-corrected chi connectivity index (χ3v) is 8.17. The van der Waals surface area contributed by atoms with Gasteiger partial charge in [0, 0.05) is 23.1 Å². The Hall–Kier alpha value is -2.98. The minimum absolute atomic E-state index is 0.0523. The number of methoxy groups -OCH3 is 1. The average Bonchev–Trinajstić information content (AvgIpc) is 3.62. The molecule has 0 radical (unpaired) electrons. The molecule has 2 fully saturated rings. The van der Waals surface area contributed by atoms with Crippen LogP contribution in [0.5, 0.6) is 5.75 Å². The molecule has 4 atom stereocenters. The molecular formula is C29H32F5N3O2. The number of halogens is 5. The van der Waals surface area contributed by atoms with Crippen LogP contribution in [0.1, 0.15) is 53.9 Å². The van der Waals surface area contributed by atoms with E-state index in [1.807, 2.05) is 12.1 Å². The molecule has 1 aliphatic carbocycles. The Morgan fingerprint density at radius 2 is 1.95 bits per heavy atom. The van der Waals surface area contributed by atoms with Crippen molar-refractivity contribution < 1.29 is 31.4 Å². The van der Waals surface area contributed by atoms with Crippen LogP contribution in [-0.2, 0) is 10.9 Å². The van der Waals surface area contributed by atoms with E-state index in [4.69, 9.17) is 9.47 Å². The van der Waals surface area contributed by atoms with Crippen LogP contribution in [0.2, 0.25) is 0 Å². The lowest BCUT2D eigenvalue weighted by atomic mass is 9.70. The molecule has 1 saturated carbocycles. The van der Waals surface area contributed by atoms with Gasteiger partial charge in [0.2, 0.25) is 0 Å². The number of H-pyrrole nitrogens is 1. The van der Waals surface area contributed by atoms with Gasteiger partial charge in [-0.1, -0.05) is 12.1 Å². The summed E-state index contributed by atoms with van der Waals surface area (Å²) < 4.78 is 79.6. The van der Waals surface area contributed by atoms with E-state index in [0.29, 0.717) is 36.4 Å². The Kier molecular flexibility index (Phi) is 7.70. The molecule has 2 aliphatic rings. The van der Waals surface area contributed by atoms with Crippen LogP contribution in [0, 0.1) is 24.1 Å². The lowest BCUT2D eigenvalue weighted by Crippen LogP contribution is -2.32. The summed E-state index contributed by atoms with van der Waals surface area (Å²) in [4.78, 5) is 6.43. The van der Waals surface area contributed by atoms with E-state index >= 15 is 0 Å². The molecule has 1 saturated heterocycles. The largest absolute Gasteiger partial charge is 0.496 e. The lowest BCUT2D eigenvalue weighted by molar-refractivity contribution is -0.140. The average molecular weight is 550 g/mol. The topological polar surface area (TPSA) is 59.2 Å². The van der Waals surface area contributed by atoms with Crippen molar-refractivity contribution in [2.24, 2.45) is 11.3 Å². The number of aryl methyl sites for hydroxylation is 1. The third kappa shape index (κ3) is 5.41. The van der Waals surface area contributed by atoms with Crippen molar-refractivity contribution in [1.82, 2.24) is 15.3 Å². The van der Waals surface area contributed by atoms with Gasteiger partial charge in [0.25, 0.3) is 0 Å². The maximum Gasteiger partial charge on any atom is 0.435 e. The molecule has 1 spiro atoms. The molecule has 2 N–H and O–H groups in total. The summed E-state index contributed by atoms with van der Waals surface area (Å²) in [6.07, 6.45) is -2.61. The highest BCUT2D eigenvalue weighted by Crippen LogP contribution is 2.61. The monoisotopic (exact) mass is 549 g/mol. The number of aromatic amines is 1. The van der Waals surface area contributed by atoms with Gasteiger partial charge in [-0.15, -0.1) is 0 Å². The van der Waals surface area contributed by atoms with E-state index in [2.05, 4.69) is 15.3 Å². The number of hydrogen-bond acceptors (Lipinski definition) is 4. The number of imidazole rings is 1. The maximum atomic E-state index is 13.8. The van der Waals surface area contributed by atoms with Gasteiger partial charge < -0.3 is 19.8 Å². The summed E-state index contributed by atoms with van der Waals surface area (Å²) in [6.45, 7) is 2.39. The van der Waals surface area contributed by atoms with Crippen molar-refractivity contribution in [3.63, 3.8) is 0 Å². The molecule has 1 aliphatic heterocycles. The van der Waals surface area contributed by atoms with Crippen LogP contribution >= 0.6 is 0 Å². The molecule has 1 aromatic heterocycles. The number of hydrogen-bond donors (Lipinski definition) is 2. The van der Waals surface area contributed by atoms with Crippen LogP contribution in [-0.4, -0.2) is 43.4 Å². The zero-order valence-electron chi connectivity index (χ0n) is 21.9. The van der Waals surface area contributed by atoms with E-state index < -0.39 is 24.6 Å². The van der Waals surface area contributed by atoms with E-state index in [0.717, 1.165) is 18.4 Å². The van der Waals surface area contributed by atoms with Crippen molar-refractivity contribution in [1.29, 1.82) is 0 Å². The molecule has 0 bridgehead atoms. The second kappa shape index (κ2) is 10.9. The van der Waals surface area contributed by atoms with Gasteiger partial charge in [-0.25, -0.2) is 13.8 Å². The molecule has 210 valence electrons. The lowest BCUT2D eigenvalue weighted by Gasteiger charge is -2.34. The molecule has 3 aromatic rings. The molecule has 0 unspecified atom stereocenters. The predicted molar refractivity (Wildman–Crippen MR) is 137 cm³/mol. The molecule has 2 aromatic carbocycles. The highest BCUT2D eigenvalue weighted by atomic mass is 19.4. The minimum Gasteiger partial charge on any atom is -0.496 e. The number of rotatable bonds is 8. The normalized spacial score (nSPS) is 25.1. The second-order valence-corrected chi connectivity index (χ2v) is 10.6. The van der Waals surface area contributed by atoms with Crippen LogP contribution in [0.3, 0.4) is 0 Å². The Morgan fingerprint density at radius 3 is 2.64 bits per heavy atom. The summed E-state index contributed by atoms with van der Waals surface area (Å²) in [6, 6.07) is 11.5. The molecule has 5 rings (SSSR count). The minimum atomic E-state index is -4.61. The first-order valence-electron chi connectivity index (χ1n) is 13.1. The first-order chi connectivity index (χ1) is 18.6. The summed E-state index contributed by atoms with van der Waals surface area (Å²) in [7, 11) is 1.52. The van der Waals surface area contributed by atoms with Gasteiger partial charge in [-0.05, 0) is 80.5 Å². The predicted octanol–water partition coefficient (Wildman–Crippen LogP) is 6.75. The highest BCUT2D eigenvalue weighted by molar-refractivity contribution is 5.65. The Balaban J connectivity index is 1.48. The van der Waals surface area contributed by atoms with Gasteiger partial charge >= 0.3 is 6.18 Å². The van der Waals surface area contributed by atoms with Crippen LogP contribution in [0.4, 0.5) is 22.0 Å². The van der Waals surface area contributed by atoms with E-state index in [1.165, 1.54) is 26.2 Å². The number of ether oxygens (including phenoxy) is 2. The zero-order chi connectivity index (χ0) is 27.8. The summed E-state index contributed by atoms with van der Waals surface area (Å²) in [5.41, 5.74) is 0.708. The van der Waals surface area contributed by atoms with Crippen molar-refractivity contribution in [3.05, 3.63) is 70.9 Å². The van der Waals surface area contributed by atoms with Crippen molar-refractivity contribution in [2.75, 3.05) is 33.5 Å². The fraction of sp³-hybridized carbons (Fsp3) is 0.483. The van der Waals surface area contributed by atoms with E-state index in [9.17, 15) is 22.0 Å². The Morgan fingerprint density at radius 1 is 1.18 bits per heavy atom. The van der Waals surface area contributed by atoms with Gasteiger partial charge in [-0.2, -0.15) is 13.2 Å². The maximum absolute atomic E-state index is 13.8. The summed E-state index contributed by atoms with van der Waals surface area (Å²) >= 11 is 0. The van der Waals surface area contributed by atoms with Crippen molar-refractivity contribution in [2.45, 2.75) is 44.4 Å². The van der Waals surface area contributed by atoms with Crippen molar-refractivity contribution >= 4 is 0 Å². The highest BCUT2D eigenvalue weighted by Gasteiger charge is 2.53. The fourth-order valence-electron chi connectivity index (χ4n) is 6.56. The SMILES string of the molecule is COc1ccc(-c2[nH]c(C)nc2C(F)(F)F)cc1[C@@H]1C[C@@]2(CC[C@H](CNCCF)[C@H]2c2ccc(F)cc2)CO1. The number of benzene rings is 2. The Labute approximate surface area is 224 Å². The van der Waals surface area contributed by atoms with Gasteiger partial charge in [-0.3, -0.25) is 0 Å². The second-order valence-electron chi connectivity index (χ2n) is 10.6. The standard InChI is InChI=1S/C29H32F5N3O2/c1-17-36-26(27(37-17)29(32,33)34)19-5-8-23(38-2)22(13-19)24-14-28(16-39-24)10-9-20(15-35-12-11-30)25(28)18-3-6-21(31)7-4-18/h3-8,13,20,24-25,35H,9-12,14-16H2,1-2H3,(H,36,37)/t20-,24+,25-,28+/m1/s1. The molecule has 2 heterocycles. The van der Waals surface area contributed by atoms with Crippen LogP contribution < -0.4 is 10.1 Å². The smallest absolute Gasteiger partial charge is 0.435 e. The van der Waals surface area contributed by atoms with Crippen LogP contribution in [0.25, 0.3) is 11.3 Å². The molecule has 39 heavy (non-hydrogen) atoms. The van der Waals surface area contributed by atoms with E-state index in [-0.39, 0.29) is 41.1 Å². The number of alkyl halides is 4. The first-order valence-corrected chi connectivity index (χ1v) is 13.1. The first kappa shape index (κ1) is 27.6. The summed E-state index contributed by atoms with van der Waals surface area (Å²) in [5.74, 6) is 0.651. The quantitative estimate of drug-likeness (QED) is 0.241. The zero-order valence-corrected chi connectivity index (χ0v) is 21.9. The van der Waals surface area contributed by atoms with E-state index in [1.54, 1.807) is 18.2 Å². The number of nitrogens with one attached hydrogen (secondary N) is 2. The van der Waals surface area contributed by atoms with Gasteiger partial charge in [0.05, 0.1) is 25.5 Å².